The van der Waals surface area contributed by atoms with Crippen LogP contribution >= 0.6 is 0 Å². The predicted octanol–water partition coefficient (Wildman–Crippen LogP) is 3.93. The summed E-state index contributed by atoms with van der Waals surface area (Å²) in [6, 6.07) is 9.67. The van der Waals surface area contributed by atoms with Crippen LogP contribution in [0.5, 0.6) is 0 Å². The fourth-order valence-electron chi connectivity index (χ4n) is 2.82. The fourth-order valence-corrected chi connectivity index (χ4v) is 2.82. The molecule has 0 spiro atoms. The second-order valence-electron chi connectivity index (χ2n) is 5.97. The molecule has 25 heavy (non-hydrogen) atoms. The highest BCUT2D eigenvalue weighted by atomic mass is 16.5. The minimum Gasteiger partial charge on any atom is -0.461 e. The van der Waals surface area contributed by atoms with Crippen molar-refractivity contribution in [1.29, 1.82) is 0 Å². The van der Waals surface area contributed by atoms with Gasteiger partial charge in [-0.15, -0.1) is 0 Å². The Labute approximate surface area is 146 Å². The molecule has 0 bridgehead atoms. The van der Waals surface area contributed by atoms with Gasteiger partial charge in [-0.25, -0.2) is 0 Å². The van der Waals surface area contributed by atoms with E-state index in [0.717, 1.165) is 16.8 Å². The van der Waals surface area contributed by atoms with E-state index in [-0.39, 0.29) is 5.91 Å². The highest BCUT2D eigenvalue weighted by molar-refractivity contribution is 5.93. The largest absolute Gasteiger partial charge is 0.461 e. The molecule has 6 heteroatoms. The van der Waals surface area contributed by atoms with Crippen LogP contribution in [0.3, 0.4) is 0 Å². The van der Waals surface area contributed by atoms with Gasteiger partial charge in [-0.05, 0) is 56.2 Å². The molecule has 0 unspecified atom stereocenters. The van der Waals surface area contributed by atoms with Gasteiger partial charge < -0.3 is 13.8 Å². The van der Waals surface area contributed by atoms with Crippen molar-refractivity contribution >= 4 is 11.6 Å². The maximum Gasteiger partial charge on any atom is 0.238 e. The lowest BCUT2D eigenvalue weighted by molar-refractivity contribution is -0.118. The summed E-state index contributed by atoms with van der Waals surface area (Å²) in [6.45, 7) is 6.65. The summed E-state index contributed by atoms with van der Waals surface area (Å²) >= 11 is 0. The summed E-state index contributed by atoms with van der Waals surface area (Å²) in [5.74, 6) is 1.40. The number of rotatable bonds is 6. The Morgan fingerprint density at radius 2 is 1.96 bits per heavy atom. The smallest absolute Gasteiger partial charge is 0.238 e. The van der Waals surface area contributed by atoms with Gasteiger partial charge in [-0.1, -0.05) is 11.2 Å². The van der Waals surface area contributed by atoms with Crippen LogP contribution in [0.1, 0.15) is 30.4 Å². The van der Waals surface area contributed by atoms with Gasteiger partial charge in [0.15, 0.2) is 5.76 Å². The highest BCUT2D eigenvalue weighted by Gasteiger charge is 2.17. The number of hydrogen-bond acceptors (Lipinski definition) is 5. The average Bonchev–Trinajstić information content (AvgIpc) is 3.24. The zero-order valence-corrected chi connectivity index (χ0v) is 14.7. The van der Waals surface area contributed by atoms with Gasteiger partial charge in [0.05, 0.1) is 6.26 Å². The van der Waals surface area contributed by atoms with Crippen LogP contribution in [0.15, 0.2) is 45.5 Å². The number of aryl methyl sites for hydroxylation is 3. The molecule has 0 N–H and O–H groups in total. The van der Waals surface area contributed by atoms with Crippen molar-refractivity contribution in [2.45, 2.75) is 33.6 Å². The summed E-state index contributed by atoms with van der Waals surface area (Å²) in [5.41, 5.74) is 3.20. The van der Waals surface area contributed by atoms with Gasteiger partial charge in [0.25, 0.3) is 0 Å². The second kappa shape index (κ2) is 7.34. The number of hydrogen-bond donors (Lipinski definition) is 0. The Morgan fingerprint density at radius 1 is 1.20 bits per heavy atom. The first-order chi connectivity index (χ1) is 12.1. The van der Waals surface area contributed by atoms with E-state index in [9.17, 15) is 4.79 Å². The number of nitrogens with zero attached hydrogens (tertiary/aromatic N) is 3. The molecule has 0 aliphatic heterocycles. The third-order valence-corrected chi connectivity index (χ3v) is 3.90. The van der Waals surface area contributed by atoms with Crippen LogP contribution in [0.4, 0.5) is 5.69 Å². The molecule has 0 aliphatic carbocycles. The number of amides is 1. The topological polar surface area (TPSA) is 72.4 Å². The van der Waals surface area contributed by atoms with Gasteiger partial charge in [-0.3, -0.25) is 4.79 Å². The molecule has 0 atom stereocenters. The number of aromatic nitrogens is 2. The van der Waals surface area contributed by atoms with Crippen molar-refractivity contribution < 1.29 is 13.7 Å². The van der Waals surface area contributed by atoms with Crippen molar-refractivity contribution in [3.63, 3.8) is 0 Å². The molecule has 1 amide bonds. The number of carbonyl (C=O) groups is 1. The van der Waals surface area contributed by atoms with Gasteiger partial charge in [0, 0.05) is 25.1 Å². The van der Waals surface area contributed by atoms with Crippen molar-refractivity contribution in [1.82, 2.24) is 10.1 Å². The first-order valence-corrected chi connectivity index (χ1v) is 8.32. The molecule has 2 aromatic heterocycles. The zero-order valence-electron chi connectivity index (χ0n) is 14.7. The van der Waals surface area contributed by atoms with Gasteiger partial charge in [0.2, 0.25) is 17.6 Å². The van der Waals surface area contributed by atoms with E-state index in [4.69, 9.17) is 8.94 Å². The van der Waals surface area contributed by atoms with Gasteiger partial charge in [-0.2, -0.15) is 4.98 Å². The number of benzene rings is 1. The maximum atomic E-state index is 12.6. The van der Waals surface area contributed by atoms with Crippen molar-refractivity contribution in [3.8, 4) is 11.6 Å². The van der Waals surface area contributed by atoms with Crippen LogP contribution in [0.25, 0.3) is 11.6 Å². The van der Waals surface area contributed by atoms with Crippen LogP contribution in [0.2, 0.25) is 0 Å². The minimum atomic E-state index is 0.0326. The quantitative estimate of drug-likeness (QED) is 0.680. The van der Waals surface area contributed by atoms with E-state index < -0.39 is 0 Å². The van der Waals surface area contributed by atoms with Crippen LogP contribution in [-0.4, -0.2) is 22.6 Å². The van der Waals surface area contributed by atoms with Crippen LogP contribution in [0, 0.1) is 13.8 Å². The molecule has 3 rings (SSSR count). The summed E-state index contributed by atoms with van der Waals surface area (Å²) < 4.78 is 10.4. The maximum absolute atomic E-state index is 12.6. The van der Waals surface area contributed by atoms with E-state index in [1.165, 1.54) is 0 Å². The third kappa shape index (κ3) is 3.96. The molecule has 2 heterocycles. The third-order valence-electron chi connectivity index (χ3n) is 3.90. The molecule has 0 radical (unpaired) electrons. The van der Waals surface area contributed by atoms with E-state index in [1.807, 2.05) is 32.9 Å². The molecular weight excluding hydrogens is 318 g/mol. The molecule has 3 aromatic rings. The molecule has 1 aromatic carbocycles. The van der Waals surface area contributed by atoms with Gasteiger partial charge in [0.1, 0.15) is 0 Å². The van der Waals surface area contributed by atoms with Crippen molar-refractivity contribution in [2.24, 2.45) is 0 Å². The lowest BCUT2D eigenvalue weighted by Gasteiger charge is -2.22. The SMILES string of the molecule is CCN(C(=O)CCc1nc(-c2ccco2)no1)c1cc(C)cc(C)c1. The Bertz CT molecular complexity index is 832. The number of anilines is 1. The van der Waals surface area contributed by atoms with Crippen molar-refractivity contribution in [3.05, 3.63) is 53.6 Å². The number of carbonyl (C=O) groups excluding carboxylic acids is 1. The molecular formula is C19H21N3O3. The molecule has 0 aliphatic rings. The van der Waals surface area contributed by atoms with Gasteiger partial charge >= 0.3 is 0 Å². The summed E-state index contributed by atoms with van der Waals surface area (Å²) in [6.07, 6.45) is 2.26. The Morgan fingerprint density at radius 3 is 2.60 bits per heavy atom. The number of furan rings is 1. The Kier molecular flexibility index (Phi) is 4.97. The molecule has 6 nitrogen and oxygen atoms in total. The zero-order chi connectivity index (χ0) is 17.8. The molecule has 0 saturated carbocycles. The monoisotopic (exact) mass is 339 g/mol. The second-order valence-corrected chi connectivity index (χ2v) is 5.97. The van der Waals surface area contributed by atoms with Crippen LogP contribution < -0.4 is 4.90 Å². The minimum absolute atomic E-state index is 0.0326. The predicted molar refractivity (Wildman–Crippen MR) is 94.3 cm³/mol. The first-order valence-electron chi connectivity index (χ1n) is 8.32. The summed E-state index contributed by atoms with van der Waals surface area (Å²) in [7, 11) is 0. The van der Waals surface area contributed by atoms with E-state index in [1.54, 1.807) is 23.3 Å². The lowest BCUT2D eigenvalue weighted by Crippen LogP contribution is -2.30. The molecule has 0 fully saturated rings. The van der Waals surface area contributed by atoms with Crippen molar-refractivity contribution in [2.75, 3.05) is 11.4 Å². The van der Waals surface area contributed by atoms with E-state index >= 15 is 0 Å². The first kappa shape index (κ1) is 17.0. The molecule has 0 saturated heterocycles. The summed E-state index contributed by atoms with van der Waals surface area (Å²) in [4.78, 5) is 18.7. The molecule has 130 valence electrons. The highest BCUT2D eigenvalue weighted by Crippen LogP contribution is 2.20. The Balaban J connectivity index is 1.66. The fraction of sp³-hybridized carbons (Fsp3) is 0.316. The summed E-state index contributed by atoms with van der Waals surface area (Å²) in [5, 5.41) is 3.88. The normalized spacial score (nSPS) is 10.8. The van der Waals surface area contributed by atoms with E-state index in [0.29, 0.717) is 36.9 Å². The van der Waals surface area contributed by atoms with E-state index in [2.05, 4.69) is 16.2 Å². The van der Waals surface area contributed by atoms with Crippen LogP contribution in [-0.2, 0) is 11.2 Å². The average molecular weight is 339 g/mol. The Hall–Kier alpha value is -2.89. The lowest BCUT2D eigenvalue weighted by atomic mass is 10.1. The standard InChI is InChI=1S/C19H21N3O3/c1-4-22(15-11-13(2)10-14(3)12-15)18(23)8-7-17-20-19(21-25-17)16-6-5-9-24-16/h5-6,9-12H,4,7-8H2,1-3H3.